The zero-order chi connectivity index (χ0) is 13.8. The van der Waals surface area contributed by atoms with Gasteiger partial charge in [0.15, 0.2) is 0 Å². The number of carboxylic acid groups (broad SMARTS) is 1. The van der Waals surface area contributed by atoms with Crippen LogP contribution in [0.1, 0.15) is 46.0 Å². The molecule has 5 heteroatoms. The molecule has 0 aromatic heterocycles. The molecule has 0 radical (unpaired) electrons. The molecule has 1 aliphatic carbocycles. The molecule has 0 saturated heterocycles. The van der Waals surface area contributed by atoms with Gasteiger partial charge in [-0.05, 0) is 39.7 Å². The average Bonchev–Trinajstić information content (AvgIpc) is 2.36. The molecule has 0 aliphatic heterocycles. The maximum Gasteiger partial charge on any atom is 0.326 e. The quantitative estimate of drug-likeness (QED) is 0.689. The molecule has 0 heterocycles. The fraction of sp³-hybridized carbons (Fsp3) is 0.846. The molecule has 0 spiro atoms. The lowest BCUT2D eigenvalue weighted by atomic mass is 9.83. The molecule has 0 aromatic carbocycles. The van der Waals surface area contributed by atoms with Crippen molar-refractivity contribution in [2.75, 3.05) is 7.05 Å². The van der Waals surface area contributed by atoms with Gasteiger partial charge in [0.1, 0.15) is 6.04 Å². The standard InChI is InChI=1S/C13H24N2O3/c1-13(2,14-3)12(18)15-10(11(16)17)9-7-5-4-6-8-9/h9-10,14H,4-8H2,1-3H3,(H,15,18)(H,16,17). The second-order valence-corrected chi connectivity index (χ2v) is 5.56. The highest BCUT2D eigenvalue weighted by Crippen LogP contribution is 2.26. The van der Waals surface area contributed by atoms with Crippen LogP contribution >= 0.6 is 0 Å². The van der Waals surface area contributed by atoms with Crippen LogP contribution in [0.15, 0.2) is 0 Å². The van der Waals surface area contributed by atoms with Crippen molar-refractivity contribution >= 4 is 11.9 Å². The summed E-state index contributed by atoms with van der Waals surface area (Å²) in [5.41, 5.74) is -0.748. The normalized spacial score (nSPS) is 19.3. The van der Waals surface area contributed by atoms with E-state index < -0.39 is 17.6 Å². The van der Waals surface area contributed by atoms with Gasteiger partial charge < -0.3 is 15.7 Å². The molecule has 1 unspecified atom stereocenters. The van der Waals surface area contributed by atoms with Crippen LogP contribution < -0.4 is 10.6 Å². The van der Waals surface area contributed by atoms with E-state index >= 15 is 0 Å². The second-order valence-electron chi connectivity index (χ2n) is 5.56. The topological polar surface area (TPSA) is 78.4 Å². The van der Waals surface area contributed by atoms with Crippen LogP contribution in [0.5, 0.6) is 0 Å². The summed E-state index contributed by atoms with van der Waals surface area (Å²) in [6.45, 7) is 3.48. The average molecular weight is 256 g/mol. The Bertz CT molecular complexity index is 309. The Morgan fingerprint density at radius 2 is 1.78 bits per heavy atom. The molecule has 1 amide bonds. The van der Waals surface area contributed by atoms with Gasteiger partial charge in [-0.15, -0.1) is 0 Å². The molecule has 0 bridgehead atoms. The summed E-state index contributed by atoms with van der Waals surface area (Å²) in [7, 11) is 1.69. The van der Waals surface area contributed by atoms with Gasteiger partial charge in [0.2, 0.25) is 5.91 Å². The smallest absolute Gasteiger partial charge is 0.326 e. The van der Waals surface area contributed by atoms with E-state index in [2.05, 4.69) is 10.6 Å². The van der Waals surface area contributed by atoms with E-state index in [1.807, 2.05) is 0 Å². The number of likely N-dealkylation sites (N-methyl/N-ethyl adjacent to an activating group) is 1. The molecule has 1 rings (SSSR count). The highest BCUT2D eigenvalue weighted by molar-refractivity contribution is 5.89. The van der Waals surface area contributed by atoms with Crippen LogP contribution in [0.2, 0.25) is 0 Å². The summed E-state index contributed by atoms with van der Waals surface area (Å²) >= 11 is 0. The summed E-state index contributed by atoms with van der Waals surface area (Å²) in [6.07, 6.45) is 5.05. The molecule has 1 fully saturated rings. The molecule has 104 valence electrons. The fourth-order valence-electron chi connectivity index (χ4n) is 2.28. The van der Waals surface area contributed by atoms with Gasteiger partial charge in [-0.1, -0.05) is 19.3 Å². The maximum absolute atomic E-state index is 12.0. The molecule has 0 aromatic rings. The van der Waals surface area contributed by atoms with Crippen molar-refractivity contribution in [1.82, 2.24) is 10.6 Å². The largest absolute Gasteiger partial charge is 0.480 e. The summed E-state index contributed by atoms with van der Waals surface area (Å²) in [4.78, 5) is 23.3. The van der Waals surface area contributed by atoms with Crippen molar-refractivity contribution in [1.29, 1.82) is 0 Å². The highest BCUT2D eigenvalue weighted by Gasteiger charge is 2.34. The summed E-state index contributed by atoms with van der Waals surface area (Å²) in [5.74, 6) is -1.13. The van der Waals surface area contributed by atoms with Crippen molar-refractivity contribution in [3.63, 3.8) is 0 Å². The molecule has 3 N–H and O–H groups in total. The third kappa shape index (κ3) is 3.70. The Labute approximate surface area is 108 Å². The number of carbonyl (C=O) groups is 2. The SMILES string of the molecule is CNC(C)(C)C(=O)NC(C(=O)O)C1CCCCC1. The molecule has 5 nitrogen and oxygen atoms in total. The molecule has 1 atom stereocenters. The monoisotopic (exact) mass is 256 g/mol. The van der Waals surface area contributed by atoms with E-state index in [1.165, 1.54) is 6.42 Å². The molecular formula is C13H24N2O3. The van der Waals surface area contributed by atoms with Gasteiger partial charge in [-0.3, -0.25) is 4.79 Å². The number of nitrogens with one attached hydrogen (secondary N) is 2. The van der Waals surface area contributed by atoms with Gasteiger partial charge in [0.25, 0.3) is 0 Å². The molecule has 1 aliphatic rings. The van der Waals surface area contributed by atoms with E-state index in [0.717, 1.165) is 25.7 Å². The zero-order valence-corrected chi connectivity index (χ0v) is 11.5. The maximum atomic E-state index is 12.0. The lowest BCUT2D eigenvalue weighted by molar-refractivity contribution is -0.144. The number of carbonyl (C=O) groups excluding carboxylic acids is 1. The van der Waals surface area contributed by atoms with Crippen LogP contribution in [-0.2, 0) is 9.59 Å². The Balaban J connectivity index is 2.68. The molecule has 1 saturated carbocycles. The lowest BCUT2D eigenvalue weighted by Crippen LogP contribution is -2.57. The van der Waals surface area contributed by atoms with Crippen LogP contribution in [0, 0.1) is 5.92 Å². The Hall–Kier alpha value is -1.10. The fourth-order valence-corrected chi connectivity index (χ4v) is 2.28. The van der Waals surface area contributed by atoms with Crippen LogP contribution in [0.4, 0.5) is 0 Å². The first-order chi connectivity index (χ1) is 8.38. The van der Waals surface area contributed by atoms with E-state index in [0.29, 0.717) is 0 Å². The van der Waals surface area contributed by atoms with Crippen LogP contribution in [0.25, 0.3) is 0 Å². The van der Waals surface area contributed by atoms with Gasteiger partial charge in [0.05, 0.1) is 5.54 Å². The minimum absolute atomic E-state index is 0.0628. The van der Waals surface area contributed by atoms with Gasteiger partial charge in [-0.2, -0.15) is 0 Å². The van der Waals surface area contributed by atoms with Crippen LogP contribution in [-0.4, -0.2) is 35.6 Å². The Kier molecular flexibility index (Phi) is 5.14. The first kappa shape index (κ1) is 15.0. The second kappa shape index (κ2) is 6.18. The third-order valence-corrected chi connectivity index (χ3v) is 3.87. The first-order valence-electron chi connectivity index (χ1n) is 6.61. The minimum Gasteiger partial charge on any atom is -0.480 e. The summed E-state index contributed by atoms with van der Waals surface area (Å²) in [6, 6.07) is -0.759. The Morgan fingerprint density at radius 1 is 1.22 bits per heavy atom. The van der Waals surface area contributed by atoms with Crippen molar-refractivity contribution < 1.29 is 14.7 Å². The van der Waals surface area contributed by atoms with E-state index in [1.54, 1.807) is 20.9 Å². The zero-order valence-electron chi connectivity index (χ0n) is 11.5. The van der Waals surface area contributed by atoms with Gasteiger partial charge >= 0.3 is 5.97 Å². The summed E-state index contributed by atoms with van der Waals surface area (Å²) in [5, 5.41) is 14.8. The van der Waals surface area contributed by atoms with E-state index in [4.69, 9.17) is 0 Å². The number of aliphatic carboxylic acids is 1. The lowest BCUT2D eigenvalue weighted by Gasteiger charge is -2.31. The highest BCUT2D eigenvalue weighted by atomic mass is 16.4. The van der Waals surface area contributed by atoms with Crippen molar-refractivity contribution in [3.8, 4) is 0 Å². The van der Waals surface area contributed by atoms with Crippen molar-refractivity contribution in [2.45, 2.75) is 57.5 Å². The molecular weight excluding hydrogens is 232 g/mol. The number of rotatable bonds is 5. The number of hydrogen-bond donors (Lipinski definition) is 3. The predicted molar refractivity (Wildman–Crippen MR) is 69.3 cm³/mol. The van der Waals surface area contributed by atoms with Crippen LogP contribution in [0.3, 0.4) is 0 Å². The number of carboxylic acids is 1. The van der Waals surface area contributed by atoms with Crippen molar-refractivity contribution in [2.24, 2.45) is 5.92 Å². The van der Waals surface area contributed by atoms with E-state index in [9.17, 15) is 14.7 Å². The Morgan fingerprint density at radius 3 is 2.22 bits per heavy atom. The number of amides is 1. The van der Waals surface area contributed by atoms with Crippen molar-refractivity contribution in [3.05, 3.63) is 0 Å². The summed E-state index contributed by atoms with van der Waals surface area (Å²) < 4.78 is 0. The number of hydrogen-bond acceptors (Lipinski definition) is 3. The van der Waals surface area contributed by atoms with Gasteiger partial charge in [0, 0.05) is 0 Å². The van der Waals surface area contributed by atoms with E-state index in [-0.39, 0.29) is 11.8 Å². The third-order valence-electron chi connectivity index (χ3n) is 3.87. The van der Waals surface area contributed by atoms with Gasteiger partial charge in [-0.25, -0.2) is 4.79 Å². The first-order valence-corrected chi connectivity index (χ1v) is 6.61. The molecule has 18 heavy (non-hydrogen) atoms. The predicted octanol–water partition coefficient (Wildman–Crippen LogP) is 1.13. The minimum atomic E-state index is -0.929.